The molecule has 21 saturated heterocycles. The standard InChI is InChI=1S/C42H70O56S7.7Na/c43-15-22(50)36-85-8(1-78-99(57,58)59)29(15)92-37-23(51)16(44)31(10(86-37)3-80-101(63,64)65)94-39-25(53)18(46)33(12(88-39)5-82-103(69,70)71)96-41-27(55)20(48)35(14(90-41)7-84-105(75,76)77)98-42-28(56)21(49)34(13(91-42)6-83-104(72,73)74)97-40-26(54)19(47)32(11(89-40)4-81-102(66,67)68)95-38-24(52)17(45)30(93-36)9(87-38)2-79-100(60,61)62;;;;;;;/h8-56H,1-7H2,(H,57,58,59)(H,60,61,62)(H,63,64,65)(H,66,67,68)(H,69,70,71)(H,72,73,74)(H,75,76,77);;;;;;;/q;7*+1/p-7/t8?,9?,10?,11?,12?,13?,14?,15-,16-,17-,18-,19-,20-,21-,22-,23+,24+,25+,26+,27+,28+,29-,30-,31-,32-,33-,34-,35-,36-,37+,38-,39-,40-,41-,42-;;;;;;;/m0......./s1. The summed E-state index contributed by atoms with van der Waals surface area (Å²) in [6.07, 6.45) is -95.2. The van der Waals surface area contributed by atoms with Crippen LogP contribution in [0.1, 0.15) is 0 Å². The molecule has 21 aliphatic heterocycles. The first-order valence-electron chi connectivity index (χ1n) is 29.1. The molecule has 616 valence electrons. The Hall–Kier alpha value is 4.97. The molecule has 7 unspecified atom stereocenters. The van der Waals surface area contributed by atoms with Crippen LogP contribution in [0.3, 0.4) is 0 Å². The van der Waals surface area contributed by atoms with E-state index in [1.807, 2.05) is 0 Å². The van der Waals surface area contributed by atoms with Gasteiger partial charge in [-0.2, -0.15) is 0 Å². The van der Waals surface area contributed by atoms with Crippen molar-refractivity contribution < 1.29 is 465 Å². The first-order valence-corrected chi connectivity index (χ1v) is 38.4. The maximum Gasteiger partial charge on any atom is 1.00 e. The summed E-state index contributed by atoms with van der Waals surface area (Å²) in [6.45, 7) is -12.2. The fourth-order valence-corrected chi connectivity index (χ4v) is 13.5. The molecular weight excluding hydrogens is 1790 g/mol. The van der Waals surface area contributed by atoms with E-state index in [1.165, 1.54) is 0 Å². The largest absolute Gasteiger partial charge is 1.00 e. The molecule has 14 bridgehead atoms. The second-order valence-corrected chi connectivity index (χ2v) is 30.6. The summed E-state index contributed by atoms with van der Waals surface area (Å²) >= 11 is 0. The molecule has 14 N–H and O–H groups in total. The van der Waals surface area contributed by atoms with Gasteiger partial charge in [-0.25, -0.2) is 58.9 Å². The molecule has 0 radical (unpaired) electrons. The van der Waals surface area contributed by atoms with Crippen LogP contribution in [0.2, 0.25) is 0 Å². The summed E-state index contributed by atoms with van der Waals surface area (Å²) in [6, 6.07) is 0. The summed E-state index contributed by atoms with van der Waals surface area (Å²) in [4.78, 5) is 0. The molecule has 0 amide bonds. The summed E-state index contributed by atoms with van der Waals surface area (Å²) in [5.74, 6) is 0. The number of hydrogen-bond donors (Lipinski definition) is 14. The molecule has 0 aromatic rings. The smallest absolute Gasteiger partial charge is 0.726 e. The zero-order valence-electron chi connectivity index (χ0n) is 58.4. The molecule has 0 saturated carbocycles. The fraction of sp³-hybridized carbons (Fsp3) is 1.00. The van der Waals surface area contributed by atoms with Gasteiger partial charge in [-0.3, -0.25) is 29.3 Å². The Bertz CT molecular complexity index is 3080. The van der Waals surface area contributed by atoms with Crippen molar-refractivity contribution in [1.82, 2.24) is 0 Å². The van der Waals surface area contributed by atoms with Crippen LogP contribution in [0.25, 0.3) is 0 Å². The molecule has 21 heterocycles. The molecule has 112 heavy (non-hydrogen) atoms. The van der Waals surface area contributed by atoms with Crippen LogP contribution >= 0.6 is 0 Å². The van der Waals surface area contributed by atoms with E-state index in [4.69, 9.17) is 66.3 Å². The van der Waals surface area contributed by atoms with Gasteiger partial charge in [-0.1, -0.05) is 0 Å². The topological polar surface area (TPSA) is 877 Å². The number of hydrogen-bond acceptors (Lipinski definition) is 56. The Morgan fingerprint density at radius 3 is 0.348 bits per heavy atom. The SMILES string of the molecule is O=S(=O)([O-])OCC1O[C@H]2O[C@H]3C(COS(=O)(=O)[O-])O[C@@H](O[C@H]4C(COS(=O)(=O)[O-])O[C@@H](O[C@H]5C(COS(=O)(=O)[O-])O[C@@H](O[C@H]6C(COS(=O)(=O)[O-])O[C@@H](O[C@H]7C(COS(=O)(=O)[O-])O[C@@H](O[C@H]8C(COS(=O)(=O)[O-])O[C@H](O[C@@H]1[C@@H](O)[C@@H]2O)[C@H](O)[C@@H]8O)[C@H](O)[C@@H]7O)[C@H](O)[C@@H]6O)[C@H](O)[C@@H]5O)[C@H](O)[C@@H]4O)[C@H](O)[C@@H]3O.[Na+].[Na+].[Na+].[Na+].[Na+].[Na+].[Na+]. The molecule has 0 aromatic heterocycles. The third-order valence-electron chi connectivity index (χ3n) is 16.2. The van der Waals surface area contributed by atoms with E-state index in [0.29, 0.717) is 0 Å². The van der Waals surface area contributed by atoms with Crippen molar-refractivity contribution in [2.45, 2.75) is 215 Å². The third-order valence-corrected chi connectivity index (χ3v) is 19.1. The van der Waals surface area contributed by atoms with Gasteiger partial charge in [0, 0.05) is 0 Å². The monoisotopic (exact) mass is 1850 g/mol. The zero-order valence-corrected chi connectivity index (χ0v) is 78.1. The average Bonchev–Trinajstić information content (AvgIpc) is 0.779. The quantitative estimate of drug-likeness (QED) is 0.0288. The zero-order chi connectivity index (χ0) is 78.5. The predicted octanol–water partition coefficient (Wildman–Crippen LogP) is -39.8. The minimum absolute atomic E-state index is 0. The molecule has 0 aliphatic carbocycles. The van der Waals surface area contributed by atoms with Gasteiger partial charge < -0.3 is 170 Å². The Labute approximate surface area is 788 Å². The number of aliphatic hydroxyl groups excluding tert-OH is 14. The van der Waals surface area contributed by atoms with Crippen LogP contribution < -0.4 is 207 Å². The second kappa shape index (κ2) is 47.3. The van der Waals surface area contributed by atoms with Crippen LogP contribution in [-0.4, -0.2) is 423 Å². The van der Waals surface area contributed by atoms with E-state index in [-0.39, 0.29) is 207 Å². The van der Waals surface area contributed by atoms with Crippen molar-refractivity contribution in [2.24, 2.45) is 0 Å². The molecule has 0 spiro atoms. The van der Waals surface area contributed by atoms with E-state index in [1.54, 1.807) is 0 Å². The van der Waals surface area contributed by atoms with Gasteiger partial charge in [0.05, 0.1) is 46.2 Å². The molecular formula is C42H63Na7O56S7. The number of ether oxygens (including phenoxy) is 14. The van der Waals surface area contributed by atoms with Gasteiger partial charge in [0.25, 0.3) is 0 Å². The van der Waals surface area contributed by atoms with Crippen molar-refractivity contribution >= 4 is 72.8 Å². The summed E-state index contributed by atoms with van der Waals surface area (Å²) in [7, 11) is -41.6. The van der Waals surface area contributed by atoms with Crippen molar-refractivity contribution in [3.8, 4) is 0 Å². The Morgan fingerprint density at radius 1 is 0.179 bits per heavy atom. The summed E-state index contributed by atoms with van der Waals surface area (Å²) in [5, 5.41) is 162. The van der Waals surface area contributed by atoms with E-state index in [2.05, 4.69) is 29.3 Å². The predicted molar refractivity (Wildman–Crippen MR) is 288 cm³/mol. The van der Waals surface area contributed by atoms with Gasteiger partial charge in [-0.15, -0.1) is 0 Å². The number of rotatable bonds is 21. The Morgan fingerprint density at radius 2 is 0.268 bits per heavy atom. The maximum atomic E-state index is 11.8. The minimum atomic E-state index is -5.94. The van der Waals surface area contributed by atoms with Gasteiger partial charge in [0.2, 0.25) is 72.8 Å². The van der Waals surface area contributed by atoms with E-state index >= 15 is 0 Å². The normalized spacial score (nSPS) is 42.1. The van der Waals surface area contributed by atoms with Gasteiger partial charge in [-0.05, 0) is 0 Å². The molecule has 70 heteroatoms. The molecule has 21 fully saturated rings. The Balaban J connectivity index is 0.00000896. The minimum Gasteiger partial charge on any atom is -0.726 e. The Kier molecular flexibility index (Phi) is 48.6. The summed E-state index contributed by atoms with van der Waals surface area (Å²) in [5.41, 5.74) is 0. The van der Waals surface area contributed by atoms with Crippen LogP contribution in [0.5, 0.6) is 0 Å². The first-order chi connectivity index (χ1) is 48.2. The van der Waals surface area contributed by atoms with Crippen molar-refractivity contribution in [1.29, 1.82) is 0 Å². The van der Waals surface area contributed by atoms with E-state index in [9.17, 15) is 162 Å². The van der Waals surface area contributed by atoms with Crippen molar-refractivity contribution in [2.75, 3.05) is 46.2 Å². The molecule has 21 rings (SSSR count). The average molecular weight is 1850 g/mol. The van der Waals surface area contributed by atoms with Crippen molar-refractivity contribution in [3.05, 3.63) is 0 Å². The van der Waals surface area contributed by atoms with E-state index < -0.39 is 334 Å². The van der Waals surface area contributed by atoms with Gasteiger partial charge in [0.15, 0.2) is 44.0 Å². The molecule has 0 aromatic carbocycles. The number of aliphatic hydroxyl groups is 14. The molecule has 21 aliphatic rings. The van der Waals surface area contributed by atoms with Gasteiger partial charge >= 0.3 is 207 Å². The van der Waals surface area contributed by atoms with Crippen LogP contribution in [0.4, 0.5) is 0 Å². The molecule has 56 nitrogen and oxygen atoms in total. The van der Waals surface area contributed by atoms with Crippen LogP contribution in [0, 0.1) is 0 Å². The second-order valence-electron chi connectivity index (χ2n) is 23.2. The molecule has 35 atom stereocenters. The van der Waals surface area contributed by atoms with Crippen LogP contribution in [-0.2, 0) is 168 Å². The first kappa shape index (κ1) is 115. The van der Waals surface area contributed by atoms with Crippen LogP contribution in [0.15, 0.2) is 0 Å². The summed E-state index contributed by atoms with van der Waals surface area (Å²) < 4.78 is 355. The fourth-order valence-electron chi connectivity index (χ4n) is 11.4. The maximum absolute atomic E-state index is 11.8. The van der Waals surface area contributed by atoms with Crippen molar-refractivity contribution in [3.63, 3.8) is 0 Å². The third kappa shape index (κ3) is 32.3. The van der Waals surface area contributed by atoms with E-state index in [0.717, 1.165) is 0 Å². The van der Waals surface area contributed by atoms with Gasteiger partial charge in [0.1, 0.15) is 171 Å².